The highest BCUT2D eigenvalue weighted by atomic mass is 79.9. The number of carbonyl (C=O) groups is 1. The molecule has 0 fully saturated rings. The number of rotatable bonds is 10. The number of aryl methyl sites for hydroxylation is 1. The number of thioether (sulfide) groups is 1. The average Bonchev–Trinajstić information content (AvgIpc) is 3.14. The maximum atomic E-state index is 12.2. The van der Waals surface area contributed by atoms with Crippen molar-refractivity contribution >= 4 is 62.5 Å². The van der Waals surface area contributed by atoms with Crippen LogP contribution in [0, 0.1) is 0 Å². The number of ether oxygens (including phenoxy) is 1. The highest BCUT2D eigenvalue weighted by Crippen LogP contribution is 2.27. The molecule has 6 nitrogen and oxygen atoms in total. The van der Waals surface area contributed by atoms with Crippen molar-refractivity contribution in [1.29, 1.82) is 0 Å². The molecule has 31 heavy (non-hydrogen) atoms. The molecule has 1 aromatic heterocycles. The molecule has 0 saturated carbocycles. The largest absolute Gasteiger partial charge is 0.492 e. The van der Waals surface area contributed by atoms with Crippen LogP contribution in [-0.4, -0.2) is 33.0 Å². The van der Waals surface area contributed by atoms with Crippen molar-refractivity contribution in [2.45, 2.75) is 31.5 Å². The average molecular weight is 544 g/mol. The van der Waals surface area contributed by atoms with E-state index >= 15 is 0 Å². The Kier molecular flexibility index (Phi) is 9.07. The lowest BCUT2D eigenvalue weighted by molar-refractivity contribution is -0.113. The topological polar surface area (TPSA) is 69.0 Å². The van der Waals surface area contributed by atoms with E-state index in [9.17, 15) is 4.79 Å². The molecule has 0 bridgehead atoms. The molecular formula is C21H21BrCl2N4O2S. The number of benzene rings is 2. The van der Waals surface area contributed by atoms with Gasteiger partial charge in [-0.2, -0.15) is 0 Å². The maximum absolute atomic E-state index is 12.2. The van der Waals surface area contributed by atoms with Crippen LogP contribution in [0.3, 0.4) is 0 Å². The van der Waals surface area contributed by atoms with Gasteiger partial charge in [0.1, 0.15) is 11.6 Å². The van der Waals surface area contributed by atoms with Gasteiger partial charge in [-0.15, -0.1) is 10.2 Å². The van der Waals surface area contributed by atoms with E-state index in [1.807, 2.05) is 35.8 Å². The van der Waals surface area contributed by atoms with Gasteiger partial charge in [-0.05, 0) is 55.8 Å². The van der Waals surface area contributed by atoms with Crippen LogP contribution in [0.2, 0.25) is 10.0 Å². The molecule has 0 aliphatic heterocycles. The fraction of sp³-hybridized carbons (Fsp3) is 0.286. The normalized spacial score (nSPS) is 10.8. The van der Waals surface area contributed by atoms with Gasteiger partial charge < -0.3 is 14.6 Å². The van der Waals surface area contributed by atoms with Gasteiger partial charge in [0.05, 0.1) is 17.4 Å². The lowest BCUT2D eigenvalue weighted by Crippen LogP contribution is -2.14. The van der Waals surface area contributed by atoms with E-state index in [1.165, 1.54) is 11.8 Å². The van der Waals surface area contributed by atoms with Crippen LogP contribution in [0.4, 0.5) is 5.69 Å². The van der Waals surface area contributed by atoms with Crippen molar-refractivity contribution in [3.8, 4) is 5.75 Å². The Bertz CT molecular complexity index is 1030. The van der Waals surface area contributed by atoms with Gasteiger partial charge in [-0.3, -0.25) is 4.79 Å². The quantitative estimate of drug-likeness (QED) is 0.247. The molecule has 1 amide bonds. The van der Waals surface area contributed by atoms with E-state index in [1.54, 1.807) is 18.2 Å². The molecule has 0 atom stereocenters. The summed E-state index contributed by atoms with van der Waals surface area (Å²) < 4.78 is 8.71. The number of anilines is 1. The first-order chi connectivity index (χ1) is 15.0. The van der Waals surface area contributed by atoms with Gasteiger partial charge in [0.25, 0.3) is 0 Å². The first-order valence-corrected chi connectivity index (χ1v) is 12.2. The number of hydrogen-bond donors (Lipinski definition) is 1. The summed E-state index contributed by atoms with van der Waals surface area (Å²) in [5.74, 6) is 1.64. The fourth-order valence-electron chi connectivity index (χ4n) is 2.79. The molecular weight excluding hydrogens is 523 g/mol. The molecule has 0 spiro atoms. The first kappa shape index (κ1) is 23.9. The highest BCUT2D eigenvalue weighted by molar-refractivity contribution is 9.10. The summed E-state index contributed by atoms with van der Waals surface area (Å²) in [6.45, 7) is 3.25. The van der Waals surface area contributed by atoms with E-state index in [-0.39, 0.29) is 11.7 Å². The van der Waals surface area contributed by atoms with E-state index in [2.05, 4.69) is 31.4 Å². The zero-order valence-electron chi connectivity index (χ0n) is 16.8. The number of nitrogens with one attached hydrogen (secondary N) is 1. The minimum atomic E-state index is -0.0900. The standard InChI is InChI=1S/C21H21BrCl2N4O2S/c1-2-28-19(4-3-11-30-18-10-7-15(23)12-17(18)24)26-27-21(28)31-13-20(29)25-16-8-5-14(22)6-9-16/h5-10,12H,2-4,11,13H2,1H3,(H,25,29). The first-order valence-electron chi connectivity index (χ1n) is 9.64. The third-order valence-corrected chi connectivity index (χ3v) is 6.29. The fourth-order valence-corrected chi connectivity index (χ4v) is 4.34. The Morgan fingerprint density at radius 2 is 1.97 bits per heavy atom. The molecule has 3 rings (SSSR count). The van der Waals surface area contributed by atoms with Crippen molar-refractivity contribution in [1.82, 2.24) is 14.8 Å². The van der Waals surface area contributed by atoms with E-state index in [0.717, 1.165) is 34.1 Å². The Morgan fingerprint density at radius 3 is 2.68 bits per heavy atom. The molecule has 10 heteroatoms. The number of amides is 1. The Hall–Kier alpha value is -1.74. The van der Waals surface area contributed by atoms with Gasteiger partial charge >= 0.3 is 0 Å². The van der Waals surface area contributed by atoms with Gasteiger partial charge in [-0.1, -0.05) is 50.9 Å². The van der Waals surface area contributed by atoms with Crippen LogP contribution in [-0.2, 0) is 17.8 Å². The van der Waals surface area contributed by atoms with Crippen molar-refractivity contribution in [3.05, 3.63) is 62.8 Å². The van der Waals surface area contributed by atoms with Crippen LogP contribution in [0.1, 0.15) is 19.2 Å². The molecule has 164 valence electrons. The Labute approximate surface area is 203 Å². The number of hydrogen-bond acceptors (Lipinski definition) is 5. The monoisotopic (exact) mass is 542 g/mol. The number of aromatic nitrogens is 3. The zero-order chi connectivity index (χ0) is 22.2. The predicted molar refractivity (Wildman–Crippen MR) is 129 cm³/mol. The van der Waals surface area contributed by atoms with E-state index in [4.69, 9.17) is 27.9 Å². The second-order valence-electron chi connectivity index (χ2n) is 6.51. The molecule has 0 saturated heterocycles. The molecule has 0 unspecified atom stereocenters. The molecule has 0 radical (unpaired) electrons. The van der Waals surface area contributed by atoms with Crippen molar-refractivity contribution in [2.75, 3.05) is 17.7 Å². The lowest BCUT2D eigenvalue weighted by Gasteiger charge is -2.09. The molecule has 0 aliphatic rings. The molecule has 1 N–H and O–H groups in total. The summed E-state index contributed by atoms with van der Waals surface area (Å²) in [4.78, 5) is 12.2. The van der Waals surface area contributed by atoms with Crippen molar-refractivity contribution in [2.24, 2.45) is 0 Å². The summed E-state index contributed by atoms with van der Waals surface area (Å²) in [6, 6.07) is 12.6. The van der Waals surface area contributed by atoms with Crippen molar-refractivity contribution in [3.63, 3.8) is 0 Å². The zero-order valence-corrected chi connectivity index (χ0v) is 20.7. The third kappa shape index (κ3) is 7.14. The summed E-state index contributed by atoms with van der Waals surface area (Å²) in [5, 5.41) is 13.2. The van der Waals surface area contributed by atoms with Crippen LogP contribution in [0.15, 0.2) is 52.1 Å². The Balaban J connectivity index is 1.48. The third-order valence-electron chi connectivity index (χ3n) is 4.27. The van der Waals surface area contributed by atoms with Gasteiger partial charge in [0.15, 0.2) is 5.16 Å². The molecule has 3 aromatic rings. The SMILES string of the molecule is CCn1c(CCCOc2ccc(Cl)cc2Cl)nnc1SCC(=O)Nc1ccc(Br)cc1. The minimum absolute atomic E-state index is 0.0900. The van der Waals surface area contributed by atoms with E-state index in [0.29, 0.717) is 28.8 Å². The minimum Gasteiger partial charge on any atom is -0.492 e. The van der Waals surface area contributed by atoms with Crippen LogP contribution >= 0.6 is 50.9 Å². The number of carbonyl (C=O) groups excluding carboxylic acids is 1. The van der Waals surface area contributed by atoms with Crippen molar-refractivity contribution < 1.29 is 9.53 Å². The summed E-state index contributed by atoms with van der Waals surface area (Å²) >= 11 is 16.8. The van der Waals surface area contributed by atoms with Gasteiger partial charge in [-0.25, -0.2) is 0 Å². The van der Waals surface area contributed by atoms with Gasteiger partial charge in [0.2, 0.25) is 5.91 Å². The molecule has 1 heterocycles. The van der Waals surface area contributed by atoms with Crippen LogP contribution < -0.4 is 10.1 Å². The van der Waals surface area contributed by atoms with Crippen LogP contribution in [0.5, 0.6) is 5.75 Å². The second-order valence-corrected chi connectivity index (χ2v) is 9.22. The maximum Gasteiger partial charge on any atom is 0.234 e. The molecule has 0 aliphatic carbocycles. The Morgan fingerprint density at radius 1 is 1.19 bits per heavy atom. The van der Waals surface area contributed by atoms with Crippen LogP contribution in [0.25, 0.3) is 0 Å². The highest BCUT2D eigenvalue weighted by Gasteiger charge is 2.13. The molecule has 2 aromatic carbocycles. The summed E-state index contributed by atoms with van der Waals surface area (Å²) in [6.07, 6.45) is 1.46. The summed E-state index contributed by atoms with van der Waals surface area (Å²) in [5.41, 5.74) is 0.757. The number of nitrogens with zero attached hydrogens (tertiary/aromatic N) is 3. The number of halogens is 3. The van der Waals surface area contributed by atoms with Gasteiger partial charge in [0, 0.05) is 28.1 Å². The smallest absolute Gasteiger partial charge is 0.234 e. The predicted octanol–water partition coefficient (Wildman–Crippen LogP) is 6.11. The summed E-state index contributed by atoms with van der Waals surface area (Å²) in [7, 11) is 0. The second kappa shape index (κ2) is 11.8. The lowest BCUT2D eigenvalue weighted by atomic mass is 10.3. The van der Waals surface area contributed by atoms with E-state index < -0.39 is 0 Å².